The van der Waals surface area contributed by atoms with Crippen LogP contribution in [0.2, 0.25) is 0 Å². The molecule has 24 atom stereocenters. The molecule has 0 bridgehead atoms. The number of methoxy groups -OCH3 is 3. The Morgan fingerprint density at radius 1 is 0.686 bits per heavy atom. The van der Waals surface area contributed by atoms with Crippen LogP contribution in [0.3, 0.4) is 0 Å². The van der Waals surface area contributed by atoms with E-state index in [1.165, 1.54) is 5.57 Å². The number of carbonyl (C=O) groups is 2. The highest BCUT2D eigenvalue weighted by Gasteiger charge is 2.71. The van der Waals surface area contributed by atoms with Gasteiger partial charge in [0.25, 0.3) is 0 Å². The average molecular weight is 993 g/mol. The van der Waals surface area contributed by atoms with Crippen LogP contribution in [0.5, 0.6) is 0 Å². The summed E-state index contributed by atoms with van der Waals surface area (Å²) >= 11 is 0. The van der Waals surface area contributed by atoms with E-state index in [0.717, 1.165) is 19.3 Å². The fraction of sp³-hybridized carbons (Fsp3) is 0.887. The van der Waals surface area contributed by atoms with Gasteiger partial charge in [-0.15, -0.1) is 0 Å². The number of hydrogen-bond acceptors (Lipinski definition) is 17. The number of rotatable bonds is 14. The molecule has 398 valence electrons. The van der Waals surface area contributed by atoms with E-state index in [9.17, 15) is 24.9 Å². The summed E-state index contributed by atoms with van der Waals surface area (Å²) in [6, 6.07) is 0. The molecule has 0 spiro atoms. The number of allylic oxidation sites excluding steroid dienone is 2. The zero-order valence-electron chi connectivity index (χ0n) is 43.6. The molecule has 17 nitrogen and oxygen atoms in total. The Bertz CT molecular complexity index is 1880. The molecule has 0 radical (unpaired) electrons. The highest BCUT2D eigenvalue weighted by molar-refractivity contribution is 5.88. The van der Waals surface area contributed by atoms with E-state index in [1.807, 2.05) is 34.6 Å². The molecule has 12 unspecified atom stereocenters. The quantitative estimate of drug-likeness (QED) is 0.110. The van der Waals surface area contributed by atoms with Gasteiger partial charge in [0.2, 0.25) is 0 Å². The van der Waals surface area contributed by atoms with Gasteiger partial charge in [0.15, 0.2) is 25.2 Å². The number of aliphatic hydroxyl groups is 3. The van der Waals surface area contributed by atoms with Crippen molar-refractivity contribution in [2.75, 3.05) is 21.3 Å². The van der Waals surface area contributed by atoms with E-state index in [1.54, 1.807) is 48.2 Å². The third kappa shape index (κ3) is 10.1. The smallest absolute Gasteiger partial charge is 0.333 e. The maximum atomic E-state index is 13.3. The molecule has 0 aromatic carbocycles. The van der Waals surface area contributed by atoms with Crippen LogP contribution in [0.1, 0.15) is 133 Å². The second-order valence-corrected chi connectivity index (χ2v) is 22.3. The van der Waals surface area contributed by atoms with Gasteiger partial charge in [-0.05, 0) is 111 Å². The zero-order valence-corrected chi connectivity index (χ0v) is 43.6. The standard InChI is InChI=1S/C53H84O17/c1-13-26(2)50(57)67-41-21-36-35(53(58)19-17-34(27(3)54)52(41,53)9)15-14-32-20-33(16-18-51(32,36)8)66-43-24-39(60-11)49(30(6)64-43)70-45-25-40(61-12)48(31(7)65-45)69-42-22-37(55)47(29(5)63-42)68-44-23-38(59-10)46(56)28(4)62-44/h13-14,28-31,33-49,55-56,58H,15-25H2,1-12H3/t28?,29?,30?,31?,33?,34?,35?,36?,37-,38-,39-,40-,41?,42+,43+,44+,45+,46-,47-,48-,49-,51?,52?,53?/m1/s1. The molecule has 4 saturated heterocycles. The summed E-state index contributed by atoms with van der Waals surface area (Å²) in [6.45, 7) is 16.9. The molecule has 8 aliphatic rings. The van der Waals surface area contributed by atoms with Crippen molar-refractivity contribution in [3.8, 4) is 0 Å². The van der Waals surface area contributed by atoms with Crippen molar-refractivity contribution in [3.63, 3.8) is 0 Å². The fourth-order valence-electron chi connectivity index (χ4n) is 14.2. The predicted molar refractivity (Wildman–Crippen MR) is 252 cm³/mol. The summed E-state index contributed by atoms with van der Waals surface area (Å²) < 4.78 is 75.0. The van der Waals surface area contributed by atoms with Gasteiger partial charge in [-0.25, -0.2) is 4.79 Å². The normalized spacial score (nSPS) is 49.8. The molecule has 4 aliphatic heterocycles. The van der Waals surface area contributed by atoms with E-state index in [4.69, 9.17) is 56.8 Å². The SMILES string of the molecule is CC=C(C)C(=O)OC1CC2C(CC=C3CC(O[C@H]4C[C@@H](OC)[C@H](O[C@H]5C[C@@H](OC)[C@H](O[C@H]6C[C@@H](O)[C@H](O[C@H]7C[C@@H](OC)[C@H](O)C(C)O7)C(C)O6)C(C)O5)C(C)O4)CCC32C)C2(O)CCC(C(C)=O)C12C. The van der Waals surface area contributed by atoms with Crippen molar-refractivity contribution >= 4 is 11.8 Å². The first-order valence-corrected chi connectivity index (χ1v) is 26.1. The number of Topliss-reactive ketones (excluding diaryl/α,β-unsaturated/α-hetero) is 1. The Balaban J connectivity index is 0.850. The molecule has 0 aromatic rings. The van der Waals surface area contributed by atoms with Crippen LogP contribution < -0.4 is 0 Å². The second kappa shape index (κ2) is 21.7. The summed E-state index contributed by atoms with van der Waals surface area (Å²) in [6.07, 6.45) is 0.405. The summed E-state index contributed by atoms with van der Waals surface area (Å²) in [5.41, 5.74) is -0.451. The molecule has 17 heteroatoms. The van der Waals surface area contributed by atoms with Crippen LogP contribution in [0.4, 0.5) is 0 Å². The maximum absolute atomic E-state index is 13.3. The van der Waals surface area contributed by atoms with Crippen molar-refractivity contribution in [3.05, 3.63) is 23.3 Å². The minimum atomic E-state index is -1.15. The lowest BCUT2D eigenvalue weighted by Gasteiger charge is -2.63. The molecule has 3 saturated carbocycles. The minimum absolute atomic E-state index is 0.0387. The van der Waals surface area contributed by atoms with E-state index in [0.29, 0.717) is 50.5 Å². The summed E-state index contributed by atoms with van der Waals surface area (Å²) in [5, 5.41) is 34.5. The highest BCUT2D eigenvalue weighted by Crippen LogP contribution is 2.68. The third-order valence-corrected chi connectivity index (χ3v) is 18.5. The van der Waals surface area contributed by atoms with Crippen molar-refractivity contribution in [2.24, 2.45) is 28.6 Å². The van der Waals surface area contributed by atoms with Gasteiger partial charge in [-0.1, -0.05) is 31.6 Å². The topological polar surface area (TPSA) is 206 Å². The van der Waals surface area contributed by atoms with Crippen LogP contribution in [0.25, 0.3) is 0 Å². The van der Waals surface area contributed by atoms with Gasteiger partial charge in [0, 0.05) is 63.9 Å². The highest BCUT2D eigenvalue weighted by atomic mass is 16.8. The monoisotopic (exact) mass is 993 g/mol. The molecule has 0 aromatic heterocycles. The lowest BCUT2D eigenvalue weighted by atomic mass is 9.45. The lowest BCUT2D eigenvalue weighted by Crippen LogP contribution is -2.66. The molecule has 0 amide bonds. The van der Waals surface area contributed by atoms with Gasteiger partial charge in [-0.3, -0.25) is 4.79 Å². The Hall–Kier alpha value is -1.94. The number of ether oxygens (including phenoxy) is 12. The van der Waals surface area contributed by atoms with Gasteiger partial charge in [0.1, 0.15) is 36.3 Å². The number of ketones is 1. The molecule has 7 fully saturated rings. The van der Waals surface area contributed by atoms with Gasteiger partial charge < -0.3 is 72.2 Å². The fourth-order valence-corrected chi connectivity index (χ4v) is 14.2. The first-order chi connectivity index (χ1) is 33.2. The van der Waals surface area contributed by atoms with E-state index in [-0.39, 0.29) is 47.6 Å². The van der Waals surface area contributed by atoms with Crippen molar-refractivity contribution in [1.82, 2.24) is 0 Å². The molecular weight excluding hydrogens is 909 g/mol. The first kappa shape index (κ1) is 54.3. The average Bonchev–Trinajstić information content (AvgIpc) is 3.61. The van der Waals surface area contributed by atoms with Crippen LogP contribution in [-0.2, 0) is 66.4 Å². The summed E-state index contributed by atoms with van der Waals surface area (Å²) in [5.74, 6) is -0.738. The number of aliphatic hydroxyl groups excluding tert-OH is 2. The zero-order chi connectivity index (χ0) is 50.6. The van der Waals surface area contributed by atoms with E-state index in [2.05, 4.69) is 13.0 Å². The lowest BCUT2D eigenvalue weighted by molar-refractivity contribution is -0.346. The van der Waals surface area contributed by atoms with Crippen LogP contribution in [0, 0.1) is 28.6 Å². The molecular formula is C53H84O17. The largest absolute Gasteiger partial charge is 0.458 e. The van der Waals surface area contributed by atoms with E-state index >= 15 is 0 Å². The molecule has 4 aliphatic carbocycles. The van der Waals surface area contributed by atoms with E-state index < -0.39 is 115 Å². The Morgan fingerprint density at radius 3 is 1.77 bits per heavy atom. The molecule has 4 heterocycles. The number of esters is 1. The maximum Gasteiger partial charge on any atom is 0.333 e. The molecule has 70 heavy (non-hydrogen) atoms. The summed E-state index contributed by atoms with van der Waals surface area (Å²) in [4.78, 5) is 26.5. The second-order valence-electron chi connectivity index (χ2n) is 22.3. The van der Waals surface area contributed by atoms with Crippen molar-refractivity contribution < 1.29 is 81.8 Å². The Kier molecular flexibility index (Phi) is 16.9. The predicted octanol–water partition coefficient (Wildman–Crippen LogP) is 5.60. The van der Waals surface area contributed by atoms with Crippen molar-refractivity contribution in [2.45, 2.75) is 249 Å². The Labute approximate surface area is 414 Å². The minimum Gasteiger partial charge on any atom is -0.458 e. The van der Waals surface area contributed by atoms with Crippen LogP contribution in [0.15, 0.2) is 23.3 Å². The molecule has 8 rings (SSSR count). The first-order valence-electron chi connectivity index (χ1n) is 26.1. The summed E-state index contributed by atoms with van der Waals surface area (Å²) in [7, 11) is 4.85. The van der Waals surface area contributed by atoms with Crippen LogP contribution >= 0.6 is 0 Å². The van der Waals surface area contributed by atoms with Gasteiger partial charge in [-0.2, -0.15) is 0 Å². The van der Waals surface area contributed by atoms with Crippen molar-refractivity contribution in [1.29, 1.82) is 0 Å². The van der Waals surface area contributed by atoms with Gasteiger partial charge in [0.05, 0.1) is 60.5 Å². The third-order valence-electron chi connectivity index (χ3n) is 18.5. The number of hydrogen-bond donors (Lipinski definition) is 3. The molecule has 3 N–H and O–H groups in total. The van der Waals surface area contributed by atoms with Crippen LogP contribution in [-0.4, -0.2) is 165 Å². The number of fused-ring (bicyclic) bond motifs is 5. The Morgan fingerprint density at radius 2 is 1.21 bits per heavy atom. The van der Waals surface area contributed by atoms with Gasteiger partial charge >= 0.3 is 5.97 Å². The number of carbonyl (C=O) groups excluding carboxylic acids is 2.